The third-order valence-electron chi connectivity index (χ3n) is 6.08. The van der Waals surface area contributed by atoms with Crippen molar-refractivity contribution >= 4 is 44.2 Å². The third kappa shape index (κ3) is 4.97. The van der Waals surface area contributed by atoms with E-state index in [0.29, 0.717) is 35.4 Å². The number of fused-ring (bicyclic) bond motifs is 2. The Labute approximate surface area is 216 Å². The number of rotatable bonds is 5. The van der Waals surface area contributed by atoms with Gasteiger partial charge in [-0.2, -0.15) is 0 Å². The van der Waals surface area contributed by atoms with Crippen LogP contribution in [0.1, 0.15) is 30.3 Å². The number of ether oxygens (including phenoxy) is 2. The quantitative estimate of drug-likeness (QED) is 0.294. The van der Waals surface area contributed by atoms with Gasteiger partial charge in [0.25, 0.3) is 0 Å². The molecule has 4 aromatic heterocycles. The van der Waals surface area contributed by atoms with Crippen molar-refractivity contribution in [3.8, 4) is 17.6 Å². The maximum absolute atomic E-state index is 11.1. The minimum atomic E-state index is -1.43. The van der Waals surface area contributed by atoms with Crippen LogP contribution in [0, 0.1) is 11.8 Å². The second kappa shape index (κ2) is 9.78. The predicted molar refractivity (Wildman–Crippen MR) is 142 cm³/mol. The lowest BCUT2D eigenvalue weighted by Gasteiger charge is -2.25. The van der Waals surface area contributed by atoms with Gasteiger partial charge in [-0.3, -0.25) is 0 Å². The molecule has 0 saturated carbocycles. The van der Waals surface area contributed by atoms with Crippen LogP contribution in [-0.4, -0.2) is 49.3 Å². The van der Waals surface area contributed by atoms with Gasteiger partial charge in [-0.15, -0.1) is 0 Å². The lowest BCUT2D eigenvalue weighted by atomic mass is 10.1. The molecular formula is C27H24N6O3S. The number of pyridine rings is 1. The van der Waals surface area contributed by atoms with Crippen molar-refractivity contribution in [2.75, 3.05) is 18.5 Å². The van der Waals surface area contributed by atoms with Crippen LogP contribution in [0.15, 0.2) is 55.1 Å². The molecule has 5 aromatic rings. The highest BCUT2D eigenvalue weighted by molar-refractivity contribution is 7.18. The summed E-state index contributed by atoms with van der Waals surface area (Å²) in [6.45, 7) is 3.01. The molecule has 3 N–H and O–H groups in total. The van der Waals surface area contributed by atoms with Crippen LogP contribution in [0.4, 0.5) is 11.5 Å². The van der Waals surface area contributed by atoms with E-state index in [1.807, 2.05) is 42.6 Å². The highest BCUT2D eigenvalue weighted by atomic mass is 32.1. The average Bonchev–Trinajstić information content (AvgIpc) is 3.58. The number of H-pyrrole nitrogens is 1. The van der Waals surface area contributed by atoms with Crippen LogP contribution >= 0.6 is 11.3 Å². The van der Waals surface area contributed by atoms with Crippen molar-refractivity contribution in [2.45, 2.75) is 31.5 Å². The van der Waals surface area contributed by atoms with Crippen molar-refractivity contribution in [3.05, 3.63) is 65.7 Å². The van der Waals surface area contributed by atoms with Crippen LogP contribution in [0.25, 0.3) is 21.4 Å². The summed E-state index contributed by atoms with van der Waals surface area (Å²) < 4.78 is 11.8. The first-order chi connectivity index (χ1) is 18.0. The predicted octanol–water partition coefficient (Wildman–Crippen LogP) is 4.52. The van der Waals surface area contributed by atoms with Gasteiger partial charge in [0.05, 0.1) is 24.3 Å². The van der Waals surface area contributed by atoms with Gasteiger partial charge in [0.2, 0.25) is 0 Å². The Morgan fingerprint density at radius 2 is 2.08 bits per heavy atom. The molecule has 10 heteroatoms. The van der Waals surface area contributed by atoms with Gasteiger partial charge < -0.3 is 24.9 Å². The number of nitrogens with zero attached hydrogens (tertiary/aromatic N) is 4. The zero-order valence-electron chi connectivity index (χ0n) is 20.1. The summed E-state index contributed by atoms with van der Waals surface area (Å²) >= 11 is 1.33. The standard InChI is InChI=1S/C27H24N6O3S/c1-27(34,26-33-20-3-2-11-29-25(20)37-26)10-6-17-4-5-22(36-18-8-13-35-14-9-18)21(15-17)32-24-19-7-12-28-23(19)30-16-31-24/h2-5,7,11-12,15-16,18,34H,8-9,13-14H2,1H3,(H2,28,30,31,32). The molecule has 5 heterocycles. The third-order valence-corrected chi connectivity index (χ3v) is 7.27. The van der Waals surface area contributed by atoms with Gasteiger partial charge in [0, 0.05) is 30.8 Å². The SMILES string of the molecule is CC(O)(C#Cc1ccc(OC2CCOCC2)c(Nc2ncnc3[nH]ccc23)c1)c1nc2cccnc2s1. The van der Waals surface area contributed by atoms with Crippen LogP contribution in [0.5, 0.6) is 5.75 Å². The zero-order chi connectivity index (χ0) is 25.2. The van der Waals surface area contributed by atoms with Gasteiger partial charge in [0.15, 0.2) is 5.60 Å². The number of aliphatic hydroxyl groups is 1. The Kier molecular flexibility index (Phi) is 6.18. The van der Waals surface area contributed by atoms with Crippen molar-refractivity contribution < 1.29 is 14.6 Å². The highest BCUT2D eigenvalue weighted by Gasteiger charge is 2.25. The van der Waals surface area contributed by atoms with Gasteiger partial charge in [-0.05, 0) is 43.3 Å². The summed E-state index contributed by atoms with van der Waals surface area (Å²) in [5.41, 5.74) is 1.48. The first-order valence-corrected chi connectivity index (χ1v) is 12.8. The Hall–Kier alpha value is -4.04. The molecule has 186 valence electrons. The molecule has 0 amide bonds. The van der Waals surface area contributed by atoms with Crippen LogP contribution in [0.2, 0.25) is 0 Å². The lowest BCUT2D eigenvalue weighted by molar-refractivity contribution is 0.0258. The van der Waals surface area contributed by atoms with Gasteiger partial charge in [0.1, 0.15) is 45.0 Å². The van der Waals surface area contributed by atoms with E-state index in [9.17, 15) is 5.11 Å². The average molecular weight is 513 g/mol. The smallest absolute Gasteiger partial charge is 0.174 e. The molecule has 0 aliphatic carbocycles. The summed E-state index contributed by atoms with van der Waals surface area (Å²) in [6.07, 6.45) is 6.77. The zero-order valence-corrected chi connectivity index (χ0v) is 20.9. The van der Waals surface area contributed by atoms with E-state index in [4.69, 9.17) is 9.47 Å². The van der Waals surface area contributed by atoms with Gasteiger partial charge in [-0.1, -0.05) is 23.2 Å². The number of hydrogen-bond acceptors (Lipinski definition) is 9. The van der Waals surface area contributed by atoms with Gasteiger partial charge in [-0.25, -0.2) is 19.9 Å². The fourth-order valence-corrected chi connectivity index (χ4v) is 5.02. The van der Waals surface area contributed by atoms with E-state index < -0.39 is 5.60 Å². The van der Waals surface area contributed by atoms with E-state index >= 15 is 0 Å². The minimum Gasteiger partial charge on any atom is -0.488 e. The van der Waals surface area contributed by atoms with E-state index in [2.05, 4.69) is 42.1 Å². The summed E-state index contributed by atoms with van der Waals surface area (Å²) in [5.74, 6) is 7.44. The fraction of sp³-hybridized carbons (Fsp3) is 0.259. The highest BCUT2D eigenvalue weighted by Crippen LogP contribution is 2.33. The second-order valence-corrected chi connectivity index (χ2v) is 9.87. The summed E-state index contributed by atoms with van der Waals surface area (Å²) in [5, 5.41) is 15.9. The van der Waals surface area contributed by atoms with Crippen molar-refractivity contribution in [3.63, 3.8) is 0 Å². The molecule has 1 atom stereocenters. The molecule has 37 heavy (non-hydrogen) atoms. The molecule has 0 bridgehead atoms. The van der Waals surface area contributed by atoms with Crippen LogP contribution in [0.3, 0.4) is 0 Å². The number of benzene rings is 1. The topological polar surface area (TPSA) is 118 Å². The molecule has 1 unspecified atom stereocenters. The number of nitrogens with one attached hydrogen (secondary N) is 2. The molecule has 1 aromatic carbocycles. The minimum absolute atomic E-state index is 0.0669. The molecule has 0 spiro atoms. The number of aromatic amines is 1. The van der Waals surface area contributed by atoms with Crippen molar-refractivity contribution in [2.24, 2.45) is 0 Å². The van der Waals surface area contributed by atoms with Crippen LogP contribution in [-0.2, 0) is 10.3 Å². The van der Waals surface area contributed by atoms with E-state index in [0.717, 1.165) is 39.9 Å². The van der Waals surface area contributed by atoms with E-state index in [1.54, 1.807) is 13.1 Å². The summed E-state index contributed by atoms with van der Waals surface area (Å²) in [6, 6.07) is 11.3. The molecule has 1 saturated heterocycles. The Morgan fingerprint density at radius 1 is 1.19 bits per heavy atom. The fourth-order valence-electron chi connectivity index (χ4n) is 4.11. The molecule has 1 fully saturated rings. The maximum atomic E-state index is 11.1. The first-order valence-electron chi connectivity index (χ1n) is 12.0. The molecular weight excluding hydrogens is 488 g/mol. The van der Waals surface area contributed by atoms with E-state index in [1.165, 1.54) is 17.7 Å². The molecule has 0 radical (unpaired) electrons. The van der Waals surface area contributed by atoms with E-state index in [-0.39, 0.29) is 6.10 Å². The number of anilines is 2. The van der Waals surface area contributed by atoms with Gasteiger partial charge >= 0.3 is 0 Å². The molecule has 1 aliphatic heterocycles. The number of thiazole rings is 1. The number of hydrogen-bond donors (Lipinski definition) is 3. The van der Waals surface area contributed by atoms with Crippen LogP contribution < -0.4 is 10.1 Å². The molecule has 9 nitrogen and oxygen atoms in total. The number of aromatic nitrogens is 5. The Bertz CT molecular complexity index is 1590. The summed E-state index contributed by atoms with van der Waals surface area (Å²) in [7, 11) is 0. The largest absolute Gasteiger partial charge is 0.488 e. The Morgan fingerprint density at radius 3 is 2.95 bits per heavy atom. The lowest BCUT2D eigenvalue weighted by Crippen LogP contribution is -2.26. The Balaban J connectivity index is 1.33. The van der Waals surface area contributed by atoms with Crippen molar-refractivity contribution in [1.29, 1.82) is 0 Å². The normalized spacial score (nSPS) is 15.7. The maximum Gasteiger partial charge on any atom is 0.174 e. The summed E-state index contributed by atoms with van der Waals surface area (Å²) in [4.78, 5) is 21.4. The second-order valence-electron chi connectivity index (χ2n) is 8.90. The monoisotopic (exact) mass is 512 g/mol. The first kappa shape index (κ1) is 23.4. The molecule has 1 aliphatic rings. The molecule has 6 rings (SSSR count). The van der Waals surface area contributed by atoms with Crippen molar-refractivity contribution in [1.82, 2.24) is 24.9 Å².